The molecule has 2 rings (SSSR count). The highest BCUT2D eigenvalue weighted by atomic mass is 16.5. The molecule has 0 aromatic rings. The van der Waals surface area contributed by atoms with Crippen LogP contribution in [0.5, 0.6) is 0 Å². The molecule has 2 unspecified atom stereocenters. The maximum Gasteiger partial charge on any atom is 0.0700 e. The van der Waals surface area contributed by atoms with E-state index in [9.17, 15) is 0 Å². The lowest BCUT2D eigenvalue weighted by Gasteiger charge is -2.40. The molecule has 2 nitrogen and oxygen atoms in total. The normalized spacial score (nSPS) is 42.9. The van der Waals surface area contributed by atoms with Gasteiger partial charge in [0.15, 0.2) is 0 Å². The zero-order valence-corrected chi connectivity index (χ0v) is 9.62. The van der Waals surface area contributed by atoms with Crippen molar-refractivity contribution >= 4 is 0 Å². The monoisotopic (exact) mass is 197 g/mol. The molecule has 1 saturated heterocycles. The van der Waals surface area contributed by atoms with Gasteiger partial charge in [-0.3, -0.25) is 0 Å². The van der Waals surface area contributed by atoms with E-state index in [0.29, 0.717) is 12.1 Å². The van der Waals surface area contributed by atoms with Gasteiger partial charge in [0.25, 0.3) is 0 Å². The molecule has 0 radical (unpaired) electrons. The summed E-state index contributed by atoms with van der Waals surface area (Å²) in [6.07, 6.45) is 4.37. The highest BCUT2D eigenvalue weighted by Gasteiger charge is 2.34. The van der Waals surface area contributed by atoms with Gasteiger partial charge in [0, 0.05) is 18.7 Å². The van der Waals surface area contributed by atoms with E-state index >= 15 is 0 Å². The van der Waals surface area contributed by atoms with Crippen LogP contribution < -0.4 is 5.32 Å². The summed E-state index contributed by atoms with van der Waals surface area (Å²) >= 11 is 0. The molecule has 2 atom stereocenters. The molecule has 0 spiro atoms. The van der Waals surface area contributed by atoms with Crippen LogP contribution in [0, 0.1) is 11.8 Å². The van der Waals surface area contributed by atoms with Crippen LogP contribution in [0.3, 0.4) is 0 Å². The zero-order valence-electron chi connectivity index (χ0n) is 9.62. The van der Waals surface area contributed by atoms with Crippen molar-refractivity contribution in [2.75, 3.05) is 6.61 Å². The van der Waals surface area contributed by atoms with Gasteiger partial charge < -0.3 is 10.1 Å². The van der Waals surface area contributed by atoms with Crippen molar-refractivity contribution in [1.29, 1.82) is 0 Å². The van der Waals surface area contributed by atoms with Crippen LogP contribution in [0.1, 0.15) is 40.0 Å². The van der Waals surface area contributed by atoms with Crippen molar-refractivity contribution < 1.29 is 4.74 Å². The molecule has 0 amide bonds. The minimum absolute atomic E-state index is 0.424. The fourth-order valence-corrected chi connectivity index (χ4v) is 2.60. The minimum atomic E-state index is 0.424. The third-order valence-corrected chi connectivity index (χ3v) is 3.94. The smallest absolute Gasteiger partial charge is 0.0700 e. The lowest BCUT2D eigenvalue weighted by atomic mass is 9.73. The SMILES string of the molecule is CC(C)C1CC(NC2CCOC2C)C1. The van der Waals surface area contributed by atoms with Gasteiger partial charge in [0.05, 0.1) is 6.10 Å². The quantitative estimate of drug-likeness (QED) is 0.749. The summed E-state index contributed by atoms with van der Waals surface area (Å²) in [5.41, 5.74) is 0. The first-order valence-electron chi connectivity index (χ1n) is 6.04. The Morgan fingerprint density at radius 1 is 1.29 bits per heavy atom. The van der Waals surface area contributed by atoms with E-state index in [2.05, 4.69) is 26.1 Å². The van der Waals surface area contributed by atoms with Crippen LogP contribution in [-0.4, -0.2) is 24.8 Å². The number of hydrogen-bond acceptors (Lipinski definition) is 2. The molecule has 2 fully saturated rings. The van der Waals surface area contributed by atoms with Gasteiger partial charge >= 0.3 is 0 Å². The highest BCUT2D eigenvalue weighted by Crippen LogP contribution is 2.34. The molecule has 0 aromatic heterocycles. The lowest BCUT2D eigenvalue weighted by molar-refractivity contribution is 0.0962. The third-order valence-electron chi connectivity index (χ3n) is 3.94. The predicted molar refractivity (Wildman–Crippen MR) is 58.3 cm³/mol. The molecule has 1 heterocycles. The van der Waals surface area contributed by atoms with Gasteiger partial charge in [0.1, 0.15) is 0 Å². The summed E-state index contributed by atoms with van der Waals surface area (Å²) in [5, 5.41) is 3.72. The molecule has 2 aliphatic rings. The first-order valence-corrected chi connectivity index (χ1v) is 6.04. The molecule has 1 N–H and O–H groups in total. The molecule has 0 bridgehead atoms. The highest BCUT2D eigenvalue weighted by molar-refractivity contribution is 4.91. The van der Waals surface area contributed by atoms with Crippen LogP contribution in [0.4, 0.5) is 0 Å². The molecule has 1 saturated carbocycles. The van der Waals surface area contributed by atoms with Gasteiger partial charge in [-0.05, 0) is 38.0 Å². The number of hydrogen-bond donors (Lipinski definition) is 1. The summed E-state index contributed by atoms with van der Waals surface area (Å²) in [6.45, 7) is 7.80. The standard InChI is InChI=1S/C12H23NO/c1-8(2)10-6-11(7-10)13-12-4-5-14-9(12)3/h8-13H,4-7H2,1-3H3. The van der Waals surface area contributed by atoms with E-state index in [1.54, 1.807) is 0 Å². The summed E-state index contributed by atoms with van der Waals surface area (Å²) in [4.78, 5) is 0. The molecule has 2 heteroatoms. The molecular weight excluding hydrogens is 174 g/mol. The first kappa shape index (κ1) is 10.4. The summed E-state index contributed by atoms with van der Waals surface area (Å²) in [5.74, 6) is 1.83. The minimum Gasteiger partial charge on any atom is -0.377 e. The fourth-order valence-electron chi connectivity index (χ4n) is 2.60. The average Bonchev–Trinajstić information content (AvgIpc) is 2.42. The van der Waals surface area contributed by atoms with Crippen LogP contribution in [-0.2, 0) is 4.74 Å². The Labute approximate surface area is 87.4 Å². The largest absolute Gasteiger partial charge is 0.377 e. The average molecular weight is 197 g/mol. The second-order valence-corrected chi connectivity index (χ2v) is 5.31. The third kappa shape index (κ3) is 2.12. The van der Waals surface area contributed by atoms with E-state index in [1.807, 2.05) is 0 Å². The van der Waals surface area contributed by atoms with E-state index in [-0.39, 0.29) is 0 Å². The van der Waals surface area contributed by atoms with Crippen LogP contribution in [0.15, 0.2) is 0 Å². The van der Waals surface area contributed by atoms with Crippen molar-refractivity contribution in [3.63, 3.8) is 0 Å². The van der Waals surface area contributed by atoms with Crippen molar-refractivity contribution in [3.8, 4) is 0 Å². The topological polar surface area (TPSA) is 21.3 Å². The Morgan fingerprint density at radius 2 is 2.00 bits per heavy atom. The maximum atomic E-state index is 5.55. The number of ether oxygens (including phenoxy) is 1. The Morgan fingerprint density at radius 3 is 2.50 bits per heavy atom. The molecule has 1 aliphatic carbocycles. The van der Waals surface area contributed by atoms with E-state index < -0.39 is 0 Å². The molecule has 14 heavy (non-hydrogen) atoms. The molecule has 82 valence electrons. The van der Waals surface area contributed by atoms with Gasteiger partial charge in [-0.25, -0.2) is 0 Å². The first-order chi connectivity index (χ1) is 6.66. The predicted octanol–water partition coefficient (Wildman–Crippen LogP) is 2.19. The van der Waals surface area contributed by atoms with Gasteiger partial charge in [-0.1, -0.05) is 13.8 Å². The number of nitrogens with one attached hydrogen (secondary N) is 1. The van der Waals surface area contributed by atoms with Crippen molar-refractivity contribution in [1.82, 2.24) is 5.32 Å². The Hall–Kier alpha value is -0.0800. The van der Waals surface area contributed by atoms with Crippen molar-refractivity contribution in [2.45, 2.75) is 58.2 Å². The Kier molecular flexibility index (Phi) is 3.13. The van der Waals surface area contributed by atoms with E-state index in [4.69, 9.17) is 4.74 Å². The fraction of sp³-hybridized carbons (Fsp3) is 1.00. The van der Waals surface area contributed by atoms with Crippen LogP contribution in [0.25, 0.3) is 0 Å². The number of rotatable bonds is 3. The lowest BCUT2D eigenvalue weighted by Crippen LogP contribution is -2.49. The van der Waals surface area contributed by atoms with Gasteiger partial charge in [0.2, 0.25) is 0 Å². The van der Waals surface area contributed by atoms with E-state index in [1.165, 1.54) is 19.3 Å². The van der Waals surface area contributed by atoms with Crippen molar-refractivity contribution in [3.05, 3.63) is 0 Å². The van der Waals surface area contributed by atoms with Gasteiger partial charge in [-0.2, -0.15) is 0 Å². The van der Waals surface area contributed by atoms with Crippen LogP contribution >= 0.6 is 0 Å². The second-order valence-electron chi connectivity index (χ2n) is 5.31. The summed E-state index contributed by atoms with van der Waals surface area (Å²) in [7, 11) is 0. The summed E-state index contributed by atoms with van der Waals surface area (Å²) < 4.78 is 5.55. The molecule has 1 aliphatic heterocycles. The van der Waals surface area contributed by atoms with E-state index in [0.717, 1.165) is 24.5 Å². The zero-order chi connectivity index (χ0) is 10.1. The second kappa shape index (κ2) is 4.19. The van der Waals surface area contributed by atoms with Crippen LogP contribution in [0.2, 0.25) is 0 Å². The maximum absolute atomic E-state index is 5.55. The van der Waals surface area contributed by atoms with Crippen molar-refractivity contribution in [2.24, 2.45) is 11.8 Å². The van der Waals surface area contributed by atoms with Gasteiger partial charge in [-0.15, -0.1) is 0 Å². The summed E-state index contributed by atoms with van der Waals surface area (Å²) in [6, 6.07) is 1.39. The Balaban J connectivity index is 1.68. The molecular formula is C12H23NO. The molecule has 0 aromatic carbocycles. The Bertz CT molecular complexity index is 187.